The molecule has 4 heteroatoms. The Morgan fingerprint density at radius 3 is 2.38 bits per heavy atom. The highest BCUT2D eigenvalue weighted by atomic mass is 79.9. The number of nitrogens with zero attached hydrogens (tertiary/aromatic N) is 2. The third kappa shape index (κ3) is 3.74. The molecule has 3 nitrogen and oxygen atoms in total. The summed E-state index contributed by atoms with van der Waals surface area (Å²) in [5.74, 6) is 0. The maximum Gasteiger partial charge on any atom is 0.0767 e. The van der Waals surface area contributed by atoms with E-state index in [1.807, 2.05) is 0 Å². The summed E-state index contributed by atoms with van der Waals surface area (Å²) >= 11 is 3.69. The molecular formula is C17H24BrN3. The van der Waals surface area contributed by atoms with Gasteiger partial charge < -0.3 is 5.32 Å². The summed E-state index contributed by atoms with van der Waals surface area (Å²) in [6.45, 7) is 9.11. The SMILES string of the molecule is CCc1ccccc1CNCc1c(Br)c(CC)nn1CC. The van der Waals surface area contributed by atoms with E-state index in [4.69, 9.17) is 0 Å². The van der Waals surface area contributed by atoms with Gasteiger partial charge in [-0.1, -0.05) is 38.1 Å². The van der Waals surface area contributed by atoms with Crippen LogP contribution in [0.3, 0.4) is 0 Å². The van der Waals surface area contributed by atoms with E-state index in [2.05, 4.69) is 76.1 Å². The van der Waals surface area contributed by atoms with E-state index in [1.165, 1.54) is 16.8 Å². The Morgan fingerprint density at radius 1 is 1.05 bits per heavy atom. The molecule has 1 N–H and O–H groups in total. The molecule has 2 aromatic rings. The Labute approximate surface area is 135 Å². The standard InChI is InChI=1S/C17H24BrN3/c1-4-13-9-7-8-10-14(13)11-19-12-16-17(18)15(5-2)20-21(16)6-3/h7-10,19H,4-6,11-12H2,1-3H3. The Hall–Kier alpha value is -1.13. The average molecular weight is 350 g/mol. The summed E-state index contributed by atoms with van der Waals surface area (Å²) in [5.41, 5.74) is 5.18. The van der Waals surface area contributed by atoms with Crippen LogP contribution in [0.5, 0.6) is 0 Å². The van der Waals surface area contributed by atoms with E-state index in [0.717, 1.165) is 42.6 Å². The predicted octanol–water partition coefficient (Wildman–Crippen LogP) is 4.08. The quantitative estimate of drug-likeness (QED) is 0.815. The molecule has 2 rings (SSSR count). The van der Waals surface area contributed by atoms with Gasteiger partial charge in [0.1, 0.15) is 0 Å². The van der Waals surface area contributed by atoms with Gasteiger partial charge in [0, 0.05) is 19.6 Å². The van der Waals surface area contributed by atoms with Crippen molar-refractivity contribution in [2.45, 2.75) is 53.2 Å². The molecule has 0 aliphatic rings. The van der Waals surface area contributed by atoms with Crippen LogP contribution in [0.1, 0.15) is 43.3 Å². The van der Waals surface area contributed by atoms with E-state index in [-0.39, 0.29) is 0 Å². The van der Waals surface area contributed by atoms with Crippen molar-refractivity contribution in [3.8, 4) is 0 Å². The number of benzene rings is 1. The molecule has 1 heterocycles. The Balaban J connectivity index is 2.05. The van der Waals surface area contributed by atoms with E-state index in [9.17, 15) is 0 Å². The van der Waals surface area contributed by atoms with Gasteiger partial charge in [-0.05, 0) is 46.8 Å². The van der Waals surface area contributed by atoms with Crippen molar-refractivity contribution in [3.05, 3.63) is 51.3 Å². The summed E-state index contributed by atoms with van der Waals surface area (Å²) in [7, 11) is 0. The predicted molar refractivity (Wildman–Crippen MR) is 91.3 cm³/mol. The highest BCUT2D eigenvalue weighted by molar-refractivity contribution is 9.10. The smallest absolute Gasteiger partial charge is 0.0767 e. The van der Waals surface area contributed by atoms with Gasteiger partial charge in [-0.3, -0.25) is 4.68 Å². The van der Waals surface area contributed by atoms with Crippen LogP contribution < -0.4 is 5.32 Å². The summed E-state index contributed by atoms with van der Waals surface area (Å²) in [6, 6.07) is 8.63. The molecule has 0 saturated heterocycles. The van der Waals surface area contributed by atoms with E-state index >= 15 is 0 Å². The fourth-order valence-corrected chi connectivity index (χ4v) is 3.28. The number of nitrogens with one attached hydrogen (secondary N) is 1. The van der Waals surface area contributed by atoms with E-state index < -0.39 is 0 Å². The minimum Gasteiger partial charge on any atom is -0.307 e. The second-order valence-corrected chi connectivity index (χ2v) is 5.90. The number of hydrogen-bond donors (Lipinski definition) is 1. The zero-order chi connectivity index (χ0) is 15.2. The van der Waals surface area contributed by atoms with Gasteiger partial charge in [0.2, 0.25) is 0 Å². The van der Waals surface area contributed by atoms with Gasteiger partial charge >= 0.3 is 0 Å². The summed E-state index contributed by atoms with van der Waals surface area (Å²) in [6.07, 6.45) is 2.04. The van der Waals surface area contributed by atoms with Crippen LogP contribution in [0.25, 0.3) is 0 Å². The van der Waals surface area contributed by atoms with E-state index in [0.29, 0.717) is 0 Å². The molecule has 0 saturated carbocycles. The van der Waals surface area contributed by atoms with Crippen LogP contribution in [-0.4, -0.2) is 9.78 Å². The zero-order valence-electron chi connectivity index (χ0n) is 13.1. The topological polar surface area (TPSA) is 29.9 Å². The number of hydrogen-bond acceptors (Lipinski definition) is 2. The minimum atomic E-state index is 0.833. The lowest BCUT2D eigenvalue weighted by atomic mass is 10.1. The molecule has 0 bridgehead atoms. The lowest BCUT2D eigenvalue weighted by Gasteiger charge is -2.10. The Bertz CT molecular complexity index is 590. The van der Waals surface area contributed by atoms with Crippen LogP contribution in [0.4, 0.5) is 0 Å². The molecule has 0 radical (unpaired) electrons. The van der Waals surface area contributed by atoms with Crippen molar-refractivity contribution in [1.82, 2.24) is 15.1 Å². The fourth-order valence-electron chi connectivity index (χ4n) is 2.58. The highest BCUT2D eigenvalue weighted by Gasteiger charge is 2.13. The van der Waals surface area contributed by atoms with Crippen molar-refractivity contribution >= 4 is 15.9 Å². The van der Waals surface area contributed by atoms with E-state index in [1.54, 1.807) is 0 Å². The Morgan fingerprint density at radius 2 is 1.76 bits per heavy atom. The second-order valence-electron chi connectivity index (χ2n) is 5.10. The molecule has 1 aromatic carbocycles. The highest BCUT2D eigenvalue weighted by Crippen LogP contribution is 2.22. The molecule has 0 fully saturated rings. The van der Waals surface area contributed by atoms with Crippen molar-refractivity contribution in [2.75, 3.05) is 0 Å². The van der Waals surface area contributed by atoms with Gasteiger partial charge in [-0.15, -0.1) is 0 Å². The zero-order valence-corrected chi connectivity index (χ0v) is 14.7. The van der Waals surface area contributed by atoms with Crippen LogP contribution >= 0.6 is 15.9 Å². The molecule has 21 heavy (non-hydrogen) atoms. The first-order valence-electron chi connectivity index (χ1n) is 7.72. The first kappa shape index (κ1) is 16.2. The first-order valence-corrected chi connectivity index (χ1v) is 8.52. The molecule has 1 aromatic heterocycles. The molecule has 0 spiro atoms. The van der Waals surface area contributed by atoms with Crippen molar-refractivity contribution in [2.24, 2.45) is 0 Å². The largest absolute Gasteiger partial charge is 0.307 e. The lowest BCUT2D eigenvalue weighted by molar-refractivity contribution is 0.576. The third-order valence-corrected chi connectivity index (χ3v) is 4.72. The molecule has 0 aliphatic heterocycles. The molecule has 114 valence electrons. The normalized spacial score (nSPS) is 11.0. The summed E-state index contributed by atoms with van der Waals surface area (Å²) in [4.78, 5) is 0. The monoisotopic (exact) mass is 349 g/mol. The van der Waals surface area contributed by atoms with Crippen molar-refractivity contribution in [1.29, 1.82) is 0 Å². The third-order valence-electron chi connectivity index (χ3n) is 3.80. The van der Waals surface area contributed by atoms with Crippen molar-refractivity contribution in [3.63, 3.8) is 0 Å². The summed E-state index contributed by atoms with van der Waals surface area (Å²) in [5, 5.41) is 8.19. The number of aryl methyl sites for hydroxylation is 3. The minimum absolute atomic E-state index is 0.833. The number of halogens is 1. The van der Waals surface area contributed by atoms with Crippen LogP contribution in [0.15, 0.2) is 28.7 Å². The maximum atomic E-state index is 4.64. The maximum absolute atomic E-state index is 4.64. The van der Waals surface area contributed by atoms with Crippen LogP contribution in [-0.2, 0) is 32.5 Å². The molecule has 0 amide bonds. The van der Waals surface area contributed by atoms with Gasteiger partial charge in [0.15, 0.2) is 0 Å². The molecule has 0 unspecified atom stereocenters. The first-order chi connectivity index (χ1) is 10.2. The van der Waals surface area contributed by atoms with Gasteiger partial charge in [-0.25, -0.2) is 0 Å². The van der Waals surface area contributed by atoms with Crippen LogP contribution in [0.2, 0.25) is 0 Å². The Kier molecular flexibility index (Phi) is 6.00. The van der Waals surface area contributed by atoms with Gasteiger partial charge in [0.25, 0.3) is 0 Å². The molecule has 0 aliphatic carbocycles. The molecular weight excluding hydrogens is 326 g/mol. The van der Waals surface area contributed by atoms with Gasteiger partial charge in [0.05, 0.1) is 15.9 Å². The van der Waals surface area contributed by atoms with Gasteiger partial charge in [-0.2, -0.15) is 5.10 Å². The van der Waals surface area contributed by atoms with Crippen LogP contribution in [0, 0.1) is 0 Å². The molecule has 0 atom stereocenters. The van der Waals surface area contributed by atoms with Crippen molar-refractivity contribution < 1.29 is 0 Å². The summed E-state index contributed by atoms with van der Waals surface area (Å²) < 4.78 is 3.24. The number of aromatic nitrogens is 2. The fraction of sp³-hybridized carbons (Fsp3) is 0.471. The number of rotatable bonds is 7. The average Bonchev–Trinajstić information content (AvgIpc) is 2.83. The second kappa shape index (κ2) is 7.76. The lowest BCUT2D eigenvalue weighted by Crippen LogP contribution is -2.17.